The van der Waals surface area contributed by atoms with E-state index in [4.69, 9.17) is 4.98 Å². The molecule has 1 aliphatic carbocycles. The Balaban J connectivity index is 1.51. The monoisotopic (exact) mass is 417 g/mol. The maximum atomic E-state index is 12.6. The van der Waals surface area contributed by atoms with E-state index in [0.29, 0.717) is 30.5 Å². The first-order valence-corrected chi connectivity index (χ1v) is 10.5. The van der Waals surface area contributed by atoms with Crippen LogP contribution in [0.2, 0.25) is 0 Å². The molecule has 0 fully saturated rings. The summed E-state index contributed by atoms with van der Waals surface area (Å²) in [7, 11) is 3.62. The van der Waals surface area contributed by atoms with Gasteiger partial charge in [-0.3, -0.25) is 4.99 Å². The van der Waals surface area contributed by atoms with Gasteiger partial charge in [0, 0.05) is 37.3 Å². The van der Waals surface area contributed by atoms with Crippen molar-refractivity contribution < 1.29 is 13.2 Å². The highest BCUT2D eigenvalue weighted by Crippen LogP contribution is 2.30. The largest absolute Gasteiger partial charge is 0.434 e. The SMILES string of the molecule is CN=C(NCCc1nc(C(F)(F)F)cs1)N(C)Cc1nc2c(s1)CCCC2. The molecule has 0 unspecified atom stereocenters. The van der Waals surface area contributed by atoms with Crippen molar-refractivity contribution in [3.05, 3.63) is 31.7 Å². The van der Waals surface area contributed by atoms with Crippen LogP contribution in [0.4, 0.5) is 13.2 Å². The van der Waals surface area contributed by atoms with Crippen LogP contribution in [0.3, 0.4) is 0 Å². The summed E-state index contributed by atoms with van der Waals surface area (Å²) in [6.07, 6.45) is 0.667. The highest BCUT2D eigenvalue weighted by atomic mass is 32.1. The first-order chi connectivity index (χ1) is 12.9. The summed E-state index contributed by atoms with van der Waals surface area (Å²) in [5, 5.41) is 5.77. The maximum Gasteiger partial charge on any atom is 0.434 e. The number of nitrogens with one attached hydrogen (secondary N) is 1. The van der Waals surface area contributed by atoms with Gasteiger partial charge in [0.2, 0.25) is 0 Å². The first kappa shape index (κ1) is 20.1. The summed E-state index contributed by atoms with van der Waals surface area (Å²) < 4.78 is 37.8. The fourth-order valence-electron chi connectivity index (χ4n) is 2.97. The van der Waals surface area contributed by atoms with Crippen molar-refractivity contribution in [1.29, 1.82) is 0 Å². The first-order valence-electron chi connectivity index (χ1n) is 8.77. The molecule has 0 saturated heterocycles. The van der Waals surface area contributed by atoms with E-state index in [9.17, 15) is 13.2 Å². The van der Waals surface area contributed by atoms with Gasteiger partial charge in [0.05, 0.1) is 17.2 Å². The fourth-order valence-corrected chi connectivity index (χ4v) is 4.99. The van der Waals surface area contributed by atoms with Gasteiger partial charge in [-0.1, -0.05) is 0 Å². The molecule has 0 radical (unpaired) electrons. The fraction of sp³-hybridized carbons (Fsp3) is 0.588. The zero-order chi connectivity index (χ0) is 19.4. The molecule has 10 heteroatoms. The number of aryl methyl sites for hydroxylation is 2. The number of guanidine groups is 1. The van der Waals surface area contributed by atoms with Gasteiger partial charge in [0.15, 0.2) is 11.7 Å². The predicted octanol–water partition coefficient (Wildman–Crippen LogP) is 3.75. The van der Waals surface area contributed by atoms with Crippen molar-refractivity contribution in [2.45, 2.75) is 44.8 Å². The van der Waals surface area contributed by atoms with Crippen LogP contribution in [0.15, 0.2) is 10.4 Å². The maximum absolute atomic E-state index is 12.6. The van der Waals surface area contributed by atoms with Gasteiger partial charge in [-0.15, -0.1) is 22.7 Å². The minimum Gasteiger partial charge on any atom is -0.356 e. The van der Waals surface area contributed by atoms with E-state index in [0.717, 1.165) is 34.6 Å². The smallest absolute Gasteiger partial charge is 0.356 e. The normalized spacial score (nSPS) is 14.9. The quantitative estimate of drug-likeness (QED) is 0.595. The molecule has 3 rings (SSSR count). The summed E-state index contributed by atoms with van der Waals surface area (Å²) in [6, 6.07) is 0. The third kappa shape index (κ3) is 5.19. The second kappa shape index (κ2) is 8.55. The molecule has 2 aromatic heterocycles. The molecule has 5 nitrogen and oxygen atoms in total. The molecule has 0 atom stereocenters. The molecule has 1 N–H and O–H groups in total. The number of thiazole rings is 2. The zero-order valence-electron chi connectivity index (χ0n) is 15.3. The Bertz CT molecular complexity index is 773. The van der Waals surface area contributed by atoms with Crippen LogP contribution in [-0.4, -0.2) is 41.5 Å². The molecule has 0 aromatic carbocycles. The lowest BCUT2D eigenvalue weighted by atomic mass is 10.0. The highest BCUT2D eigenvalue weighted by molar-refractivity contribution is 7.11. The molecular weight excluding hydrogens is 395 g/mol. The van der Waals surface area contributed by atoms with E-state index in [1.165, 1.54) is 23.4 Å². The third-order valence-corrected chi connectivity index (χ3v) is 6.35. The molecule has 0 spiro atoms. The van der Waals surface area contributed by atoms with Crippen molar-refractivity contribution in [1.82, 2.24) is 20.2 Å². The average Bonchev–Trinajstić information content (AvgIpc) is 3.24. The Hall–Kier alpha value is -1.68. The number of hydrogen-bond donors (Lipinski definition) is 1. The molecule has 2 aromatic rings. The van der Waals surface area contributed by atoms with Crippen LogP contribution in [0.5, 0.6) is 0 Å². The standard InChI is InChI=1S/C17H22F3N5S2/c1-21-16(22-8-7-14-24-13(10-26-14)17(18,19)20)25(2)9-15-23-11-5-3-4-6-12(11)27-15/h10H,3-9H2,1-2H3,(H,21,22). The van der Waals surface area contributed by atoms with Crippen LogP contribution in [0.1, 0.15) is 39.1 Å². The summed E-state index contributed by atoms with van der Waals surface area (Å²) in [6.45, 7) is 1.13. The lowest BCUT2D eigenvalue weighted by Gasteiger charge is -2.20. The Morgan fingerprint density at radius 1 is 1.26 bits per heavy atom. The average molecular weight is 418 g/mol. The van der Waals surface area contributed by atoms with Gasteiger partial charge in [0.1, 0.15) is 5.01 Å². The Morgan fingerprint density at radius 3 is 2.70 bits per heavy atom. The minimum absolute atomic E-state index is 0.416. The summed E-state index contributed by atoms with van der Waals surface area (Å²) in [4.78, 5) is 16.0. The molecule has 1 aliphatic rings. The van der Waals surface area contributed by atoms with Crippen molar-refractivity contribution in [2.75, 3.05) is 20.6 Å². The van der Waals surface area contributed by atoms with E-state index in [1.807, 2.05) is 11.9 Å². The van der Waals surface area contributed by atoms with E-state index >= 15 is 0 Å². The van der Waals surface area contributed by atoms with E-state index < -0.39 is 11.9 Å². The van der Waals surface area contributed by atoms with Gasteiger partial charge in [0.25, 0.3) is 0 Å². The number of fused-ring (bicyclic) bond motifs is 1. The van der Waals surface area contributed by atoms with Crippen LogP contribution < -0.4 is 5.32 Å². The molecule has 0 amide bonds. The topological polar surface area (TPSA) is 53.4 Å². The number of hydrogen-bond acceptors (Lipinski definition) is 5. The Labute approximate surface area is 164 Å². The van der Waals surface area contributed by atoms with E-state index in [2.05, 4.69) is 15.3 Å². The minimum atomic E-state index is -4.38. The predicted molar refractivity (Wildman–Crippen MR) is 102 cm³/mol. The van der Waals surface area contributed by atoms with Gasteiger partial charge in [-0.25, -0.2) is 9.97 Å². The molecule has 2 heterocycles. The number of aliphatic imine (C=N–C) groups is 1. The second-order valence-electron chi connectivity index (χ2n) is 6.39. The van der Waals surface area contributed by atoms with Crippen molar-refractivity contribution in [2.24, 2.45) is 4.99 Å². The van der Waals surface area contributed by atoms with Gasteiger partial charge in [-0.05, 0) is 25.7 Å². The molecule has 27 heavy (non-hydrogen) atoms. The van der Waals surface area contributed by atoms with Crippen molar-refractivity contribution >= 4 is 28.6 Å². The highest BCUT2D eigenvalue weighted by Gasteiger charge is 2.33. The summed E-state index contributed by atoms with van der Waals surface area (Å²) in [5.74, 6) is 0.691. The lowest BCUT2D eigenvalue weighted by molar-refractivity contribution is -0.140. The second-order valence-corrected chi connectivity index (χ2v) is 8.50. The molecular formula is C17H22F3N5S2. The molecule has 0 aliphatic heterocycles. The number of aromatic nitrogens is 2. The molecule has 148 valence electrons. The number of alkyl halides is 3. The van der Waals surface area contributed by atoms with Gasteiger partial charge >= 0.3 is 6.18 Å². The van der Waals surface area contributed by atoms with Crippen molar-refractivity contribution in [3.8, 4) is 0 Å². The van der Waals surface area contributed by atoms with Crippen LogP contribution in [0.25, 0.3) is 0 Å². The van der Waals surface area contributed by atoms with Gasteiger partial charge < -0.3 is 10.2 Å². The molecule has 0 bridgehead atoms. The van der Waals surface area contributed by atoms with E-state index in [1.54, 1.807) is 18.4 Å². The number of nitrogens with zero attached hydrogens (tertiary/aromatic N) is 4. The summed E-state index contributed by atoms with van der Waals surface area (Å²) >= 11 is 2.80. The van der Waals surface area contributed by atoms with Crippen molar-refractivity contribution in [3.63, 3.8) is 0 Å². The Kier molecular flexibility index (Phi) is 6.36. The van der Waals surface area contributed by atoms with Gasteiger partial charge in [-0.2, -0.15) is 13.2 Å². The lowest BCUT2D eigenvalue weighted by Crippen LogP contribution is -2.39. The van der Waals surface area contributed by atoms with Crippen LogP contribution in [-0.2, 0) is 32.0 Å². The van der Waals surface area contributed by atoms with E-state index in [-0.39, 0.29) is 0 Å². The Morgan fingerprint density at radius 2 is 2.04 bits per heavy atom. The molecule has 0 saturated carbocycles. The number of rotatable bonds is 5. The third-order valence-electron chi connectivity index (χ3n) is 4.30. The number of halogens is 3. The zero-order valence-corrected chi connectivity index (χ0v) is 16.9. The van der Waals surface area contributed by atoms with Crippen LogP contribution >= 0.6 is 22.7 Å². The summed E-state index contributed by atoms with van der Waals surface area (Å²) in [5.41, 5.74) is 0.415. The van der Waals surface area contributed by atoms with Crippen LogP contribution in [0, 0.1) is 0 Å².